The third-order valence-corrected chi connectivity index (χ3v) is 11.0. The Balaban J connectivity index is 0.000000150. The Kier molecular flexibility index (Phi) is 4.29. The first kappa shape index (κ1) is 16.6. The highest BCUT2D eigenvalue weighted by molar-refractivity contribution is 6.78. The maximum Gasteiger partial charge on any atom is 0.0502 e. The van der Waals surface area contributed by atoms with Crippen LogP contribution >= 0.6 is 0 Å². The maximum atomic E-state index is 2.54. The minimum absolute atomic E-state index is 0.694. The molecule has 0 saturated carbocycles. The van der Waals surface area contributed by atoms with Crippen LogP contribution in [0.5, 0.6) is 0 Å². The second kappa shape index (κ2) is 6.46. The Labute approximate surface area is 152 Å². The second-order valence-corrected chi connectivity index (χ2v) is 13.9. The quantitative estimate of drug-likeness (QED) is 0.225. The van der Waals surface area contributed by atoms with Gasteiger partial charge < -0.3 is 0 Å². The molecule has 1 aliphatic heterocycles. The van der Waals surface area contributed by atoms with Gasteiger partial charge in [0, 0.05) is 0 Å². The molecule has 0 aliphatic carbocycles. The Morgan fingerprint density at radius 2 is 1.12 bits per heavy atom. The zero-order valence-electron chi connectivity index (χ0n) is 15.7. The first-order valence-corrected chi connectivity index (χ1v) is 13.0. The van der Waals surface area contributed by atoms with Crippen LogP contribution in [0.4, 0.5) is 0 Å². The molecule has 0 radical (unpaired) electrons. The summed E-state index contributed by atoms with van der Waals surface area (Å²) in [5, 5.41) is 8.14. The van der Waals surface area contributed by atoms with E-state index in [2.05, 4.69) is 80.7 Å². The minimum Gasteiger partial charge on any atom is -0.0692 e. The number of hydrogen-bond donors (Lipinski definition) is 0. The van der Waals surface area contributed by atoms with Crippen molar-refractivity contribution < 1.29 is 0 Å². The van der Waals surface area contributed by atoms with Gasteiger partial charge in [-0.1, -0.05) is 106 Å². The van der Waals surface area contributed by atoms with Gasteiger partial charge >= 0.3 is 0 Å². The van der Waals surface area contributed by atoms with Gasteiger partial charge in [0.15, 0.2) is 0 Å². The largest absolute Gasteiger partial charge is 0.0692 e. The van der Waals surface area contributed by atoms with E-state index in [0.29, 0.717) is 0 Å². The Morgan fingerprint density at radius 3 is 1.44 bits per heavy atom. The molecular formula is C24H28Si. The van der Waals surface area contributed by atoms with Gasteiger partial charge in [0.25, 0.3) is 0 Å². The summed E-state index contributed by atoms with van der Waals surface area (Å²) in [5.41, 5.74) is 1.09. The molecule has 1 atom stereocenters. The summed E-state index contributed by atoms with van der Waals surface area (Å²) in [6.07, 6.45) is 4.53. The zero-order valence-corrected chi connectivity index (χ0v) is 16.7. The summed E-state index contributed by atoms with van der Waals surface area (Å²) >= 11 is 0. The molecule has 0 amide bonds. The van der Waals surface area contributed by atoms with E-state index in [4.69, 9.17) is 0 Å². The van der Waals surface area contributed by atoms with Crippen molar-refractivity contribution in [3.05, 3.63) is 60.7 Å². The molecule has 0 spiro atoms. The van der Waals surface area contributed by atoms with Crippen molar-refractivity contribution in [3.63, 3.8) is 0 Å². The van der Waals surface area contributed by atoms with Gasteiger partial charge in [0.05, 0.1) is 8.07 Å². The van der Waals surface area contributed by atoms with Crippen molar-refractivity contribution in [1.82, 2.24) is 0 Å². The predicted octanol–water partition coefficient (Wildman–Crippen LogP) is 7.85. The molecule has 0 aromatic heterocycles. The van der Waals surface area contributed by atoms with Crippen molar-refractivity contribution in [3.8, 4) is 0 Å². The standard InChI is InChI=1S/C16H10.C8H18Si/c1-3-11-7-9-13-5-2-6-14-10-8-12(4-1)15(11)16(13)14;1-8-6-4-5-7-9(8,2)3/h1-10H;8H,4-7H2,1-3H3. The number of rotatable bonds is 0. The van der Waals surface area contributed by atoms with E-state index in [0.717, 1.165) is 5.54 Å². The molecule has 1 saturated heterocycles. The topological polar surface area (TPSA) is 0 Å². The van der Waals surface area contributed by atoms with Crippen molar-refractivity contribution in [2.45, 2.75) is 50.9 Å². The molecule has 0 nitrogen and oxygen atoms in total. The monoisotopic (exact) mass is 344 g/mol. The van der Waals surface area contributed by atoms with E-state index in [1.165, 1.54) is 51.6 Å². The smallest absolute Gasteiger partial charge is 0.0502 e. The molecule has 0 N–H and O–H groups in total. The van der Waals surface area contributed by atoms with Crippen molar-refractivity contribution in [2.24, 2.45) is 0 Å². The first-order valence-electron chi connectivity index (χ1n) is 9.69. The van der Waals surface area contributed by atoms with Crippen molar-refractivity contribution >= 4 is 40.4 Å². The summed E-state index contributed by atoms with van der Waals surface area (Å²) in [6.45, 7) is 7.53. The van der Waals surface area contributed by atoms with Gasteiger partial charge in [-0.2, -0.15) is 0 Å². The third kappa shape index (κ3) is 3.06. The summed E-state index contributed by atoms with van der Waals surface area (Å²) in [7, 11) is -0.694. The van der Waals surface area contributed by atoms with E-state index >= 15 is 0 Å². The van der Waals surface area contributed by atoms with Gasteiger partial charge in [0.2, 0.25) is 0 Å². The minimum atomic E-state index is -0.694. The van der Waals surface area contributed by atoms with Gasteiger partial charge in [-0.25, -0.2) is 0 Å². The van der Waals surface area contributed by atoms with Crippen LogP contribution in [0.3, 0.4) is 0 Å². The summed E-state index contributed by atoms with van der Waals surface area (Å²) in [5.74, 6) is 0. The Morgan fingerprint density at radius 1 is 0.680 bits per heavy atom. The summed E-state index contributed by atoms with van der Waals surface area (Å²) < 4.78 is 0. The highest BCUT2D eigenvalue weighted by atomic mass is 28.3. The lowest BCUT2D eigenvalue weighted by Crippen LogP contribution is -2.33. The predicted molar refractivity (Wildman–Crippen MR) is 116 cm³/mol. The van der Waals surface area contributed by atoms with Crippen molar-refractivity contribution in [2.75, 3.05) is 0 Å². The molecule has 4 aromatic rings. The van der Waals surface area contributed by atoms with E-state index in [1.54, 1.807) is 6.04 Å². The van der Waals surface area contributed by atoms with Crippen LogP contribution in [0.1, 0.15) is 26.2 Å². The second-order valence-electron chi connectivity index (χ2n) is 8.43. The summed E-state index contributed by atoms with van der Waals surface area (Å²) in [4.78, 5) is 0. The van der Waals surface area contributed by atoms with Gasteiger partial charge in [-0.15, -0.1) is 0 Å². The molecule has 1 fully saturated rings. The highest BCUT2D eigenvalue weighted by Crippen LogP contribution is 2.36. The van der Waals surface area contributed by atoms with Gasteiger partial charge in [-0.3, -0.25) is 0 Å². The molecule has 1 heteroatoms. The molecule has 1 unspecified atom stereocenters. The van der Waals surface area contributed by atoms with Crippen LogP contribution in [-0.4, -0.2) is 8.07 Å². The molecular weight excluding hydrogens is 316 g/mol. The van der Waals surface area contributed by atoms with Gasteiger partial charge in [-0.05, 0) is 37.9 Å². The lowest BCUT2D eigenvalue weighted by atomic mass is 9.95. The zero-order chi connectivity index (χ0) is 17.4. The molecule has 0 bridgehead atoms. The Bertz CT molecular complexity index is 869. The van der Waals surface area contributed by atoms with Crippen LogP contribution in [0.2, 0.25) is 24.7 Å². The Hall–Kier alpha value is -1.86. The van der Waals surface area contributed by atoms with Crippen LogP contribution < -0.4 is 0 Å². The first-order chi connectivity index (χ1) is 12.1. The summed E-state index contributed by atoms with van der Waals surface area (Å²) in [6, 6.07) is 23.4. The van der Waals surface area contributed by atoms with Crippen LogP contribution in [-0.2, 0) is 0 Å². The fourth-order valence-corrected chi connectivity index (χ4v) is 6.98. The number of benzene rings is 4. The SMILES string of the molecule is CC1CCCC[Si]1(C)C.c1cc2ccc3cccc4ccc(c1)c2c34. The molecule has 128 valence electrons. The van der Waals surface area contributed by atoms with Crippen LogP contribution in [0.15, 0.2) is 60.7 Å². The van der Waals surface area contributed by atoms with E-state index in [-0.39, 0.29) is 0 Å². The number of hydrogen-bond acceptors (Lipinski definition) is 0. The average molecular weight is 345 g/mol. The van der Waals surface area contributed by atoms with Crippen LogP contribution in [0.25, 0.3) is 32.3 Å². The van der Waals surface area contributed by atoms with Gasteiger partial charge in [0.1, 0.15) is 0 Å². The molecule has 4 aromatic carbocycles. The van der Waals surface area contributed by atoms with E-state index in [9.17, 15) is 0 Å². The molecule has 1 heterocycles. The molecule has 5 rings (SSSR count). The molecule has 1 aliphatic rings. The third-order valence-electron chi connectivity index (χ3n) is 6.44. The highest BCUT2D eigenvalue weighted by Gasteiger charge is 2.30. The fourth-order valence-electron chi connectivity index (χ4n) is 4.34. The van der Waals surface area contributed by atoms with E-state index in [1.807, 2.05) is 0 Å². The molecule has 25 heavy (non-hydrogen) atoms. The lowest BCUT2D eigenvalue weighted by Gasteiger charge is -2.34. The van der Waals surface area contributed by atoms with Crippen LogP contribution in [0, 0.1) is 0 Å². The maximum absolute atomic E-state index is 2.54. The average Bonchev–Trinajstić information content (AvgIpc) is 2.63. The fraction of sp³-hybridized carbons (Fsp3) is 0.333. The van der Waals surface area contributed by atoms with Crippen molar-refractivity contribution in [1.29, 1.82) is 0 Å². The van der Waals surface area contributed by atoms with E-state index < -0.39 is 8.07 Å². The normalized spacial score (nSPS) is 19.9. The lowest BCUT2D eigenvalue weighted by molar-refractivity contribution is 0.635.